The number of ketones is 1. The molecule has 2 N–H and O–H groups in total. The van der Waals surface area contributed by atoms with Gasteiger partial charge < -0.3 is 25.3 Å². The van der Waals surface area contributed by atoms with E-state index in [9.17, 15) is 19.2 Å². The van der Waals surface area contributed by atoms with Crippen molar-refractivity contribution in [3.63, 3.8) is 0 Å². The van der Waals surface area contributed by atoms with Crippen LogP contribution in [0.5, 0.6) is 0 Å². The average molecular weight is 607 g/mol. The van der Waals surface area contributed by atoms with Crippen molar-refractivity contribution in [2.75, 3.05) is 13.2 Å². The highest BCUT2D eigenvalue weighted by Crippen LogP contribution is 2.44. The summed E-state index contributed by atoms with van der Waals surface area (Å²) in [7, 11) is 0. The maximum Gasteiger partial charge on any atom is 0.328 e. The number of carbonyl (C=O) groups is 4. The van der Waals surface area contributed by atoms with Crippen LogP contribution in [0.15, 0.2) is 79.0 Å². The van der Waals surface area contributed by atoms with Crippen LogP contribution in [-0.2, 0) is 35.1 Å². The molecule has 4 aromatic rings. The van der Waals surface area contributed by atoms with E-state index in [4.69, 9.17) is 15.0 Å². The van der Waals surface area contributed by atoms with Crippen LogP contribution < -0.4 is 5.32 Å². The van der Waals surface area contributed by atoms with Gasteiger partial charge in [-0.2, -0.15) is 4.79 Å². The molecule has 0 saturated heterocycles. The van der Waals surface area contributed by atoms with E-state index < -0.39 is 35.6 Å². The Hall–Kier alpha value is -5.34. The number of nitrogens with zero attached hydrogens (tertiary/aromatic N) is 2. The molecule has 3 aromatic carbocycles. The van der Waals surface area contributed by atoms with Gasteiger partial charge in [0.15, 0.2) is 0 Å². The molecule has 0 fully saturated rings. The first kappa shape index (κ1) is 31.1. The first-order valence-electron chi connectivity index (χ1n) is 15.0. The molecular weight excluding hydrogens is 572 g/mol. The Bertz CT molecular complexity index is 1730. The summed E-state index contributed by atoms with van der Waals surface area (Å²) < 4.78 is 11.0. The number of Topliss-reactive ketones (excluding diaryl/α,β-unsaturated/α-hetero) is 1. The van der Waals surface area contributed by atoms with Crippen molar-refractivity contribution in [3.8, 4) is 11.1 Å². The van der Waals surface area contributed by atoms with Gasteiger partial charge >= 0.3 is 18.2 Å². The van der Waals surface area contributed by atoms with Gasteiger partial charge in [-0.15, -0.1) is 0 Å². The van der Waals surface area contributed by atoms with Crippen LogP contribution in [0, 0.1) is 5.92 Å². The summed E-state index contributed by atoms with van der Waals surface area (Å²) >= 11 is 0. The SMILES string of the molecule is CCOC(=O)[C@H](CCC(=O)C=[N+]=[N-])NC(=O)[C@@H](CC(=O)OCC1c2ccccc2-c2ccccc21)Cc1c[nH]c2ccccc12. The number of ether oxygens (including phenoxy) is 2. The number of para-hydroxylation sites is 1. The highest BCUT2D eigenvalue weighted by Gasteiger charge is 2.32. The zero-order valence-corrected chi connectivity index (χ0v) is 24.9. The zero-order valence-electron chi connectivity index (χ0n) is 24.9. The molecule has 0 radical (unpaired) electrons. The maximum atomic E-state index is 13.7. The first-order chi connectivity index (χ1) is 21.9. The van der Waals surface area contributed by atoms with E-state index in [2.05, 4.69) is 27.2 Å². The van der Waals surface area contributed by atoms with Crippen LogP contribution in [0.4, 0.5) is 0 Å². The largest absolute Gasteiger partial charge is 0.465 e. The van der Waals surface area contributed by atoms with Gasteiger partial charge in [0.05, 0.1) is 18.9 Å². The number of H-pyrrole nitrogens is 1. The third kappa shape index (κ3) is 7.25. The molecule has 0 saturated carbocycles. The number of benzene rings is 3. The van der Waals surface area contributed by atoms with E-state index in [1.807, 2.05) is 60.7 Å². The number of hydrogen-bond donors (Lipinski definition) is 2. The smallest absolute Gasteiger partial charge is 0.328 e. The van der Waals surface area contributed by atoms with Gasteiger partial charge in [0.1, 0.15) is 12.6 Å². The fourth-order valence-electron chi connectivity index (χ4n) is 5.90. The lowest BCUT2D eigenvalue weighted by atomic mass is 9.94. The summed E-state index contributed by atoms with van der Waals surface area (Å²) in [4.78, 5) is 57.6. The van der Waals surface area contributed by atoms with E-state index in [1.165, 1.54) is 0 Å². The van der Waals surface area contributed by atoms with Crippen molar-refractivity contribution in [3.05, 3.63) is 101 Å². The lowest BCUT2D eigenvalue weighted by Crippen LogP contribution is -2.45. The Morgan fingerprint density at radius 2 is 1.62 bits per heavy atom. The number of amides is 1. The minimum absolute atomic E-state index is 0.0693. The zero-order chi connectivity index (χ0) is 31.8. The maximum absolute atomic E-state index is 13.7. The molecular formula is C35H34N4O6. The van der Waals surface area contributed by atoms with Gasteiger partial charge in [0, 0.05) is 29.4 Å². The van der Waals surface area contributed by atoms with Crippen LogP contribution in [0.3, 0.4) is 0 Å². The van der Waals surface area contributed by atoms with Gasteiger partial charge in [-0.1, -0.05) is 66.7 Å². The molecule has 10 heteroatoms. The number of hydrogen-bond acceptors (Lipinski definition) is 6. The van der Waals surface area contributed by atoms with Crippen LogP contribution in [0.2, 0.25) is 0 Å². The molecule has 0 unspecified atom stereocenters. The second-order valence-corrected chi connectivity index (χ2v) is 10.9. The lowest BCUT2D eigenvalue weighted by molar-refractivity contribution is -0.149. The van der Waals surface area contributed by atoms with Gasteiger partial charge in [0.2, 0.25) is 11.7 Å². The minimum Gasteiger partial charge on any atom is -0.465 e. The van der Waals surface area contributed by atoms with Crippen molar-refractivity contribution in [2.45, 2.75) is 44.6 Å². The summed E-state index contributed by atoms with van der Waals surface area (Å²) in [6.07, 6.45) is 2.28. The third-order valence-corrected chi connectivity index (χ3v) is 8.07. The molecule has 1 aliphatic rings. The standard InChI is InChI=1S/C35H34N4O6/c1-2-44-35(43)32(16-15-24(40)20-38-36)39-34(42)22(17-23-19-37-31-14-8-7-9-25(23)31)18-33(41)45-21-30-28-12-5-3-10-26(28)27-11-4-6-13-29(27)30/h3-14,19-20,22,30,32,37H,2,15-18,21H2,1H3,(H,39,42)/t22-,32+/m1/s1. The topological polar surface area (TPSA) is 151 Å². The second kappa shape index (κ2) is 14.4. The average Bonchev–Trinajstić information content (AvgIpc) is 3.60. The first-order valence-corrected chi connectivity index (χ1v) is 15.0. The van der Waals surface area contributed by atoms with Crippen LogP contribution >= 0.6 is 0 Å². The van der Waals surface area contributed by atoms with Gasteiger partial charge in [-0.05, 0) is 53.6 Å². The van der Waals surface area contributed by atoms with Crippen molar-refractivity contribution in [2.24, 2.45) is 5.92 Å². The molecule has 10 nitrogen and oxygen atoms in total. The molecule has 45 heavy (non-hydrogen) atoms. The monoisotopic (exact) mass is 606 g/mol. The molecule has 1 amide bonds. The normalized spacial score (nSPS) is 13.2. The summed E-state index contributed by atoms with van der Waals surface area (Å²) in [6.45, 7) is 1.83. The van der Waals surface area contributed by atoms with Crippen molar-refractivity contribution in [1.82, 2.24) is 10.3 Å². The van der Waals surface area contributed by atoms with Crippen molar-refractivity contribution < 1.29 is 33.4 Å². The van der Waals surface area contributed by atoms with E-state index >= 15 is 0 Å². The Kier molecular flexibility index (Phi) is 9.97. The Labute approximate surface area is 260 Å². The van der Waals surface area contributed by atoms with Crippen LogP contribution in [-0.4, -0.2) is 58.9 Å². The van der Waals surface area contributed by atoms with Crippen LogP contribution in [0.1, 0.15) is 48.8 Å². The molecule has 0 spiro atoms. The molecule has 1 aliphatic carbocycles. The Morgan fingerprint density at radius 1 is 0.956 bits per heavy atom. The summed E-state index contributed by atoms with van der Waals surface area (Å²) in [5, 5.41) is 3.61. The number of carbonyl (C=O) groups excluding carboxylic acids is 4. The molecule has 2 atom stereocenters. The molecule has 1 aromatic heterocycles. The number of fused-ring (bicyclic) bond motifs is 4. The fourth-order valence-corrected chi connectivity index (χ4v) is 5.90. The predicted octanol–water partition coefficient (Wildman–Crippen LogP) is 4.77. The molecule has 0 aliphatic heterocycles. The molecule has 230 valence electrons. The number of esters is 2. The number of aromatic amines is 1. The Balaban J connectivity index is 1.33. The van der Waals surface area contributed by atoms with E-state index in [1.54, 1.807) is 13.1 Å². The van der Waals surface area contributed by atoms with E-state index in [-0.39, 0.29) is 44.8 Å². The minimum atomic E-state index is -1.14. The number of nitrogens with one attached hydrogen (secondary N) is 2. The predicted molar refractivity (Wildman–Crippen MR) is 167 cm³/mol. The molecule has 0 bridgehead atoms. The van der Waals surface area contributed by atoms with Gasteiger partial charge in [-0.25, -0.2) is 4.79 Å². The molecule has 1 heterocycles. The van der Waals surface area contributed by atoms with Gasteiger partial charge in [0.25, 0.3) is 0 Å². The van der Waals surface area contributed by atoms with Gasteiger partial charge in [-0.3, -0.25) is 14.4 Å². The highest BCUT2D eigenvalue weighted by atomic mass is 16.5. The number of rotatable bonds is 14. The number of aromatic nitrogens is 1. The van der Waals surface area contributed by atoms with E-state index in [0.29, 0.717) is 0 Å². The van der Waals surface area contributed by atoms with Crippen molar-refractivity contribution in [1.29, 1.82) is 0 Å². The highest BCUT2D eigenvalue weighted by molar-refractivity contribution is 6.25. The van der Waals surface area contributed by atoms with Crippen molar-refractivity contribution >= 4 is 40.7 Å². The summed E-state index contributed by atoms with van der Waals surface area (Å²) in [5.41, 5.74) is 14.8. The lowest BCUT2D eigenvalue weighted by Gasteiger charge is -2.21. The Morgan fingerprint density at radius 3 is 2.31 bits per heavy atom. The summed E-state index contributed by atoms with van der Waals surface area (Å²) in [5.74, 6) is -3.32. The fraction of sp³-hybridized carbons (Fsp3) is 0.286. The van der Waals surface area contributed by atoms with E-state index in [0.717, 1.165) is 44.9 Å². The third-order valence-electron chi connectivity index (χ3n) is 8.07. The quantitative estimate of drug-likeness (QED) is 0.0913. The second-order valence-electron chi connectivity index (χ2n) is 10.9. The summed E-state index contributed by atoms with van der Waals surface area (Å²) in [6, 6.07) is 22.6. The van der Waals surface area contributed by atoms with Crippen LogP contribution in [0.25, 0.3) is 27.6 Å². The molecule has 5 rings (SSSR count).